The molecule has 0 radical (unpaired) electrons. The van der Waals surface area contributed by atoms with Gasteiger partial charge in [-0.05, 0) is 61.7 Å². The summed E-state index contributed by atoms with van der Waals surface area (Å²) in [5, 5.41) is 3.35. The molecule has 1 atom stereocenters. The van der Waals surface area contributed by atoms with Crippen LogP contribution in [0, 0.1) is 13.8 Å². The molecule has 0 bridgehead atoms. The third-order valence-corrected chi connectivity index (χ3v) is 3.79. The van der Waals surface area contributed by atoms with E-state index in [2.05, 4.69) is 11.4 Å². The minimum atomic E-state index is -0.602. The molecule has 0 spiro atoms. The van der Waals surface area contributed by atoms with Crippen LogP contribution in [0.1, 0.15) is 24.5 Å². The molecule has 5 heteroatoms. The van der Waals surface area contributed by atoms with Crippen molar-refractivity contribution in [1.82, 2.24) is 0 Å². The smallest absolute Gasteiger partial charge is 0.265 e. The van der Waals surface area contributed by atoms with E-state index in [4.69, 9.17) is 21.1 Å². The zero-order chi connectivity index (χ0) is 17.7. The van der Waals surface area contributed by atoms with E-state index in [1.54, 1.807) is 25.3 Å². The van der Waals surface area contributed by atoms with Gasteiger partial charge in [-0.2, -0.15) is 0 Å². The van der Waals surface area contributed by atoms with Gasteiger partial charge in [-0.1, -0.05) is 24.6 Å². The first-order chi connectivity index (χ1) is 11.4. The quantitative estimate of drug-likeness (QED) is 0.819. The Bertz CT molecular complexity index is 710. The van der Waals surface area contributed by atoms with Crippen molar-refractivity contribution >= 4 is 23.2 Å². The number of anilines is 1. The Kier molecular flexibility index (Phi) is 6.10. The van der Waals surface area contributed by atoms with E-state index in [9.17, 15) is 4.79 Å². The Balaban J connectivity index is 2.15. The van der Waals surface area contributed by atoms with Crippen LogP contribution in [-0.4, -0.2) is 19.1 Å². The van der Waals surface area contributed by atoms with Gasteiger partial charge < -0.3 is 14.8 Å². The zero-order valence-corrected chi connectivity index (χ0v) is 15.1. The van der Waals surface area contributed by atoms with E-state index < -0.39 is 6.10 Å². The fourth-order valence-electron chi connectivity index (χ4n) is 2.48. The van der Waals surface area contributed by atoms with Crippen molar-refractivity contribution < 1.29 is 14.3 Å². The molecule has 24 heavy (non-hydrogen) atoms. The van der Waals surface area contributed by atoms with E-state index in [0.717, 1.165) is 11.1 Å². The summed E-state index contributed by atoms with van der Waals surface area (Å²) in [6.45, 7) is 5.90. The van der Waals surface area contributed by atoms with Crippen molar-refractivity contribution in [2.24, 2.45) is 0 Å². The fraction of sp³-hybridized carbons (Fsp3) is 0.316. The second-order valence-electron chi connectivity index (χ2n) is 5.67. The first-order valence-electron chi connectivity index (χ1n) is 7.82. The lowest BCUT2D eigenvalue weighted by Crippen LogP contribution is -2.32. The highest BCUT2D eigenvalue weighted by Gasteiger charge is 2.20. The van der Waals surface area contributed by atoms with Crippen LogP contribution in [0.2, 0.25) is 5.02 Å². The largest absolute Gasteiger partial charge is 0.495 e. The number of halogens is 1. The molecule has 4 nitrogen and oxygen atoms in total. The normalized spacial score (nSPS) is 11.7. The molecule has 2 aromatic carbocycles. The number of hydrogen-bond acceptors (Lipinski definition) is 3. The summed E-state index contributed by atoms with van der Waals surface area (Å²) in [5.74, 6) is 0.999. The molecule has 0 heterocycles. The van der Waals surface area contributed by atoms with Gasteiger partial charge in [-0.25, -0.2) is 0 Å². The molecule has 0 aliphatic carbocycles. The number of ether oxygens (including phenoxy) is 2. The molecular weight excluding hydrogens is 326 g/mol. The maximum Gasteiger partial charge on any atom is 0.265 e. The first-order valence-corrected chi connectivity index (χ1v) is 8.20. The van der Waals surface area contributed by atoms with Crippen LogP contribution in [0.15, 0.2) is 36.4 Å². The highest BCUT2D eigenvalue weighted by Crippen LogP contribution is 2.28. The predicted molar refractivity (Wildman–Crippen MR) is 97.3 cm³/mol. The van der Waals surface area contributed by atoms with Crippen LogP contribution in [0.4, 0.5) is 5.69 Å². The second kappa shape index (κ2) is 8.06. The first kappa shape index (κ1) is 18.1. The summed E-state index contributed by atoms with van der Waals surface area (Å²) < 4.78 is 11.1. The van der Waals surface area contributed by atoms with Gasteiger partial charge in [0.2, 0.25) is 0 Å². The molecule has 1 N–H and O–H groups in total. The lowest BCUT2D eigenvalue weighted by Gasteiger charge is -2.19. The molecule has 0 saturated carbocycles. The highest BCUT2D eigenvalue weighted by molar-refractivity contribution is 6.31. The number of rotatable bonds is 6. The van der Waals surface area contributed by atoms with Gasteiger partial charge in [0, 0.05) is 5.02 Å². The van der Waals surface area contributed by atoms with Gasteiger partial charge in [0.05, 0.1) is 12.8 Å². The van der Waals surface area contributed by atoms with Crippen molar-refractivity contribution in [3.63, 3.8) is 0 Å². The summed E-state index contributed by atoms with van der Waals surface area (Å²) >= 11 is 6.00. The van der Waals surface area contributed by atoms with E-state index in [1.165, 1.54) is 0 Å². The monoisotopic (exact) mass is 347 g/mol. The summed E-state index contributed by atoms with van der Waals surface area (Å²) in [7, 11) is 1.54. The van der Waals surface area contributed by atoms with Crippen LogP contribution in [0.3, 0.4) is 0 Å². The Morgan fingerprint density at radius 2 is 1.83 bits per heavy atom. The number of benzene rings is 2. The van der Waals surface area contributed by atoms with Gasteiger partial charge in [0.25, 0.3) is 5.91 Å². The minimum Gasteiger partial charge on any atom is -0.495 e. The molecule has 0 unspecified atom stereocenters. The van der Waals surface area contributed by atoms with Crippen LogP contribution >= 0.6 is 11.6 Å². The van der Waals surface area contributed by atoms with Crippen LogP contribution < -0.4 is 14.8 Å². The molecular formula is C19H22ClNO3. The summed E-state index contributed by atoms with van der Waals surface area (Å²) in [5.41, 5.74) is 2.71. The molecule has 0 fully saturated rings. The number of amides is 1. The van der Waals surface area contributed by atoms with Crippen molar-refractivity contribution in [2.45, 2.75) is 33.3 Å². The van der Waals surface area contributed by atoms with E-state index >= 15 is 0 Å². The van der Waals surface area contributed by atoms with Gasteiger partial charge >= 0.3 is 0 Å². The van der Waals surface area contributed by atoms with Crippen LogP contribution in [0.5, 0.6) is 11.5 Å². The number of hydrogen-bond donors (Lipinski definition) is 1. The van der Waals surface area contributed by atoms with E-state index in [0.29, 0.717) is 28.6 Å². The summed E-state index contributed by atoms with van der Waals surface area (Å²) in [6, 6.07) is 11.0. The number of carbonyl (C=O) groups excluding carboxylic acids is 1. The zero-order valence-electron chi connectivity index (χ0n) is 14.4. The SMILES string of the molecule is CC[C@@H](Oc1cc(C)cc(C)c1)C(=O)Nc1cc(Cl)ccc1OC. The molecule has 0 saturated heterocycles. The molecule has 1 amide bonds. The lowest BCUT2D eigenvalue weighted by molar-refractivity contribution is -0.122. The molecule has 0 aliphatic rings. The van der Waals surface area contributed by atoms with Crippen molar-refractivity contribution in [3.8, 4) is 11.5 Å². The fourth-order valence-corrected chi connectivity index (χ4v) is 2.65. The van der Waals surface area contributed by atoms with E-state index in [-0.39, 0.29) is 5.91 Å². The maximum absolute atomic E-state index is 12.6. The Hall–Kier alpha value is -2.20. The molecule has 2 rings (SSSR count). The van der Waals surface area contributed by atoms with Crippen molar-refractivity contribution in [2.75, 3.05) is 12.4 Å². The van der Waals surface area contributed by atoms with Gasteiger partial charge in [0.1, 0.15) is 11.5 Å². The van der Waals surface area contributed by atoms with Crippen molar-refractivity contribution in [1.29, 1.82) is 0 Å². The van der Waals surface area contributed by atoms with Crippen LogP contribution in [-0.2, 0) is 4.79 Å². The van der Waals surface area contributed by atoms with Crippen molar-refractivity contribution in [3.05, 3.63) is 52.5 Å². The summed E-state index contributed by atoms with van der Waals surface area (Å²) in [6.07, 6.45) is -0.0586. The Labute approximate surface area is 147 Å². The Morgan fingerprint density at radius 1 is 1.17 bits per heavy atom. The predicted octanol–water partition coefficient (Wildman–Crippen LogP) is 4.76. The van der Waals surface area contributed by atoms with Crippen LogP contribution in [0.25, 0.3) is 0 Å². The molecule has 0 aromatic heterocycles. The maximum atomic E-state index is 12.6. The third kappa shape index (κ3) is 4.65. The summed E-state index contributed by atoms with van der Waals surface area (Å²) in [4.78, 5) is 12.6. The Morgan fingerprint density at radius 3 is 2.42 bits per heavy atom. The average molecular weight is 348 g/mol. The van der Waals surface area contributed by atoms with Gasteiger partial charge in [-0.15, -0.1) is 0 Å². The number of nitrogens with one attached hydrogen (secondary N) is 1. The molecule has 128 valence electrons. The standard InChI is InChI=1S/C19H22ClNO3/c1-5-17(24-15-9-12(2)8-13(3)10-15)19(22)21-16-11-14(20)6-7-18(16)23-4/h6-11,17H,5H2,1-4H3,(H,21,22)/t17-/m1/s1. The topological polar surface area (TPSA) is 47.6 Å². The molecule has 2 aromatic rings. The van der Waals surface area contributed by atoms with Gasteiger partial charge in [-0.3, -0.25) is 4.79 Å². The number of carbonyl (C=O) groups is 1. The number of aryl methyl sites for hydroxylation is 2. The second-order valence-corrected chi connectivity index (χ2v) is 6.11. The van der Waals surface area contributed by atoms with Gasteiger partial charge in [0.15, 0.2) is 6.10 Å². The highest BCUT2D eigenvalue weighted by atomic mass is 35.5. The minimum absolute atomic E-state index is 0.239. The number of methoxy groups -OCH3 is 1. The third-order valence-electron chi connectivity index (χ3n) is 3.56. The lowest BCUT2D eigenvalue weighted by atomic mass is 10.1. The van der Waals surface area contributed by atoms with E-state index in [1.807, 2.05) is 32.9 Å². The molecule has 0 aliphatic heterocycles. The average Bonchev–Trinajstić information content (AvgIpc) is 2.51.